The van der Waals surface area contributed by atoms with Crippen LogP contribution < -0.4 is 5.32 Å². The summed E-state index contributed by atoms with van der Waals surface area (Å²) >= 11 is 0. The normalized spacial score (nSPS) is 25.3. The Bertz CT molecular complexity index is 398. The lowest BCUT2D eigenvalue weighted by Crippen LogP contribution is -2.39. The summed E-state index contributed by atoms with van der Waals surface area (Å²) in [5.74, 6) is 0. The van der Waals surface area contributed by atoms with Crippen LogP contribution in [0, 0.1) is 11.3 Å². The van der Waals surface area contributed by atoms with E-state index in [1.165, 1.54) is 0 Å². The Morgan fingerprint density at radius 3 is 3.17 bits per heavy atom. The van der Waals surface area contributed by atoms with Crippen LogP contribution in [0.25, 0.3) is 0 Å². The molecule has 0 aromatic carbocycles. The highest BCUT2D eigenvalue weighted by molar-refractivity contribution is 5.03. The summed E-state index contributed by atoms with van der Waals surface area (Å²) in [5.41, 5.74) is 1.10. The minimum Gasteiger partial charge on any atom is -0.309 e. The highest BCUT2D eigenvalue weighted by Gasteiger charge is 2.21. The van der Waals surface area contributed by atoms with Crippen molar-refractivity contribution in [3.8, 4) is 6.07 Å². The summed E-state index contributed by atoms with van der Waals surface area (Å²) in [6, 6.07) is 9.04. The highest BCUT2D eigenvalue weighted by Crippen LogP contribution is 2.10. The minimum absolute atomic E-state index is 0.274. The molecule has 1 N–H and O–H groups in total. The summed E-state index contributed by atoms with van der Waals surface area (Å²) in [6.07, 6.45) is 3.53. The summed E-state index contributed by atoms with van der Waals surface area (Å²) in [5, 5.41) is 12.4. The second-order valence-electron chi connectivity index (χ2n) is 4.97. The van der Waals surface area contributed by atoms with Gasteiger partial charge in [-0.3, -0.25) is 9.88 Å². The summed E-state index contributed by atoms with van der Waals surface area (Å²) < 4.78 is 0. The van der Waals surface area contributed by atoms with Gasteiger partial charge < -0.3 is 5.32 Å². The number of rotatable bonds is 3. The van der Waals surface area contributed by atoms with Crippen molar-refractivity contribution in [2.45, 2.75) is 38.4 Å². The average Bonchev–Trinajstić information content (AvgIpc) is 2.53. The van der Waals surface area contributed by atoms with Crippen LogP contribution in [-0.2, 0) is 6.54 Å². The molecule has 2 heterocycles. The summed E-state index contributed by atoms with van der Waals surface area (Å²) in [7, 11) is 0. The monoisotopic (exact) mass is 244 g/mol. The van der Waals surface area contributed by atoms with Gasteiger partial charge in [-0.2, -0.15) is 5.26 Å². The van der Waals surface area contributed by atoms with Gasteiger partial charge >= 0.3 is 0 Å². The third-order valence-corrected chi connectivity index (χ3v) is 3.33. The molecule has 1 saturated heterocycles. The molecule has 96 valence electrons. The lowest BCUT2D eigenvalue weighted by atomic mass is 10.2. The third kappa shape index (κ3) is 3.80. The van der Waals surface area contributed by atoms with Crippen LogP contribution in [0.4, 0.5) is 0 Å². The van der Waals surface area contributed by atoms with Crippen molar-refractivity contribution in [3.05, 3.63) is 30.1 Å². The number of nitriles is 1. The minimum atomic E-state index is 0.274. The lowest BCUT2D eigenvalue weighted by molar-refractivity contribution is 0.257. The van der Waals surface area contributed by atoms with Crippen molar-refractivity contribution in [1.82, 2.24) is 15.2 Å². The topological polar surface area (TPSA) is 52.0 Å². The molecule has 0 spiro atoms. The number of hydrogen-bond donors (Lipinski definition) is 1. The smallest absolute Gasteiger partial charge is 0.0638 e. The zero-order valence-corrected chi connectivity index (χ0v) is 10.8. The van der Waals surface area contributed by atoms with E-state index in [0.717, 1.165) is 31.7 Å². The average molecular weight is 244 g/mol. The van der Waals surface area contributed by atoms with Gasteiger partial charge in [0.2, 0.25) is 0 Å². The number of nitrogens with one attached hydrogen (secondary N) is 1. The predicted molar refractivity (Wildman–Crippen MR) is 70.7 cm³/mol. The molecule has 4 heteroatoms. The molecule has 1 aromatic heterocycles. The van der Waals surface area contributed by atoms with Gasteiger partial charge in [-0.15, -0.1) is 0 Å². The predicted octanol–water partition coefficient (Wildman–Crippen LogP) is 1.55. The molecular formula is C14H20N4. The van der Waals surface area contributed by atoms with Crippen molar-refractivity contribution in [3.63, 3.8) is 0 Å². The number of pyridine rings is 1. The molecule has 0 bridgehead atoms. The summed E-state index contributed by atoms with van der Waals surface area (Å²) in [4.78, 5) is 6.76. The number of aromatic nitrogens is 1. The van der Waals surface area contributed by atoms with Crippen LogP contribution in [0.3, 0.4) is 0 Å². The fraction of sp³-hybridized carbons (Fsp3) is 0.571. The lowest BCUT2D eigenvalue weighted by Gasteiger charge is -2.22. The molecule has 2 atom stereocenters. The van der Waals surface area contributed by atoms with Crippen LogP contribution in [0.15, 0.2) is 24.4 Å². The van der Waals surface area contributed by atoms with E-state index >= 15 is 0 Å². The Morgan fingerprint density at radius 1 is 1.56 bits per heavy atom. The van der Waals surface area contributed by atoms with Crippen LogP contribution in [-0.4, -0.2) is 35.1 Å². The maximum Gasteiger partial charge on any atom is 0.0638 e. The van der Waals surface area contributed by atoms with Gasteiger partial charge in [0.1, 0.15) is 0 Å². The van der Waals surface area contributed by atoms with Crippen molar-refractivity contribution >= 4 is 0 Å². The first kappa shape index (κ1) is 13.0. The summed E-state index contributed by atoms with van der Waals surface area (Å²) in [6.45, 7) is 5.05. The highest BCUT2D eigenvalue weighted by atomic mass is 15.2. The molecule has 0 aliphatic carbocycles. The van der Waals surface area contributed by atoms with E-state index in [2.05, 4.69) is 34.3 Å². The maximum absolute atomic E-state index is 8.85. The van der Waals surface area contributed by atoms with Crippen LogP contribution in [0.5, 0.6) is 0 Å². The number of nitrogens with zero attached hydrogens (tertiary/aromatic N) is 3. The van der Waals surface area contributed by atoms with E-state index in [0.29, 0.717) is 12.5 Å². The Balaban J connectivity index is 1.97. The largest absolute Gasteiger partial charge is 0.309 e. The molecule has 4 nitrogen and oxygen atoms in total. The Kier molecular flexibility index (Phi) is 4.68. The van der Waals surface area contributed by atoms with Crippen LogP contribution in [0.2, 0.25) is 0 Å². The third-order valence-electron chi connectivity index (χ3n) is 3.33. The number of hydrogen-bond acceptors (Lipinski definition) is 4. The van der Waals surface area contributed by atoms with Crippen molar-refractivity contribution in [2.24, 2.45) is 0 Å². The second kappa shape index (κ2) is 6.48. The Labute approximate surface area is 109 Å². The molecule has 1 fully saturated rings. The van der Waals surface area contributed by atoms with Gasteiger partial charge in [-0.05, 0) is 25.5 Å². The SMILES string of the molecule is CC1CCN(Cc2ccccn2)CC(CC#N)N1. The van der Waals surface area contributed by atoms with Crippen molar-refractivity contribution in [1.29, 1.82) is 5.26 Å². The van der Waals surface area contributed by atoms with E-state index < -0.39 is 0 Å². The zero-order valence-electron chi connectivity index (χ0n) is 10.8. The van der Waals surface area contributed by atoms with Crippen molar-refractivity contribution in [2.75, 3.05) is 13.1 Å². The molecule has 2 unspecified atom stereocenters. The zero-order chi connectivity index (χ0) is 12.8. The van der Waals surface area contributed by atoms with E-state index in [-0.39, 0.29) is 6.04 Å². The Morgan fingerprint density at radius 2 is 2.44 bits per heavy atom. The fourth-order valence-electron chi connectivity index (χ4n) is 2.42. The van der Waals surface area contributed by atoms with Gasteiger partial charge in [0, 0.05) is 37.9 Å². The van der Waals surface area contributed by atoms with E-state index in [9.17, 15) is 0 Å². The van der Waals surface area contributed by atoms with E-state index in [1.54, 1.807) is 0 Å². The standard InChI is InChI=1S/C14H20N4/c1-12-6-9-18(11-14(17-12)5-7-15)10-13-4-2-3-8-16-13/h2-4,8,12,14,17H,5-6,9-11H2,1H3. The molecule has 0 amide bonds. The second-order valence-corrected chi connectivity index (χ2v) is 4.97. The molecule has 1 aliphatic heterocycles. The fourth-order valence-corrected chi connectivity index (χ4v) is 2.42. The first-order valence-corrected chi connectivity index (χ1v) is 6.53. The van der Waals surface area contributed by atoms with Gasteiger partial charge in [-0.25, -0.2) is 0 Å². The molecular weight excluding hydrogens is 224 g/mol. The first-order valence-electron chi connectivity index (χ1n) is 6.53. The first-order chi connectivity index (χ1) is 8.78. The molecule has 1 aromatic rings. The van der Waals surface area contributed by atoms with E-state index in [4.69, 9.17) is 5.26 Å². The van der Waals surface area contributed by atoms with E-state index in [1.807, 2.05) is 18.3 Å². The molecule has 1 aliphatic rings. The van der Waals surface area contributed by atoms with Crippen molar-refractivity contribution < 1.29 is 0 Å². The maximum atomic E-state index is 8.85. The van der Waals surface area contributed by atoms with Gasteiger partial charge in [0.25, 0.3) is 0 Å². The molecule has 18 heavy (non-hydrogen) atoms. The Hall–Kier alpha value is -1.44. The van der Waals surface area contributed by atoms with Gasteiger partial charge in [-0.1, -0.05) is 6.07 Å². The molecule has 0 saturated carbocycles. The van der Waals surface area contributed by atoms with Crippen LogP contribution in [0.1, 0.15) is 25.5 Å². The van der Waals surface area contributed by atoms with Crippen LogP contribution >= 0.6 is 0 Å². The quantitative estimate of drug-likeness (QED) is 0.876. The molecule has 0 radical (unpaired) electrons. The van der Waals surface area contributed by atoms with Gasteiger partial charge in [0.15, 0.2) is 0 Å². The van der Waals surface area contributed by atoms with Gasteiger partial charge in [0.05, 0.1) is 18.2 Å². The molecule has 2 rings (SSSR count).